The van der Waals surface area contributed by atoms with Crippen molar-refractivity contribution >= 4 is 15.9 Å². The SMILES string of the molecule is COc1ccc(C)cc1S(=O)(=O)N1CCN(CC(=O)N2CCOCC2)CC1. The van der Waals surface area contributed by atoms with Gasteiger partial charge in [-0.25, -0.2) is 8.42 Å². The van der Waals surface area contributed by atoms with Crippen LogP contribution < -0.4 is 4.74 Å². The van der Waals surface area contributed by atoms with E-state index >= 15 is 0 Å². The molecule has 2 saturated heterocycles. The summed E-state index contributed by atoms with van der Waals surface area (Å²) in [4.78, 5) is 16.4. The fourth-order valence-corrected chi connectivity index (χ4v) is 5.02. The van der Waals surface area contributed by atoms with Gasteiger partial charge in [-0.1, -0.05) is 6.07 Å². The summed E-state index contributed by atoms with van der Waals surface area (Å²) in [5.74, 6) is 0.431. The van der Waals surface area contributed by atoms with Crippen molar-refractivity contribution in [2.45, 2.75) is 11.8 Å². The Labute approximate surface area is 160 Å². The van der Waals surface area contributed by atoms with Crippen LogP contribution in [0.1, 0.15) is 5.56 Å². The number of nitrogens with zero attached hydrogens (tertiary/aromatic N) is 3. The number of carbonyl (C=O) groups is 1. The molecule has 2 aliphatic heterocycles. The van der Waals surface area contributed by atoms with Crippen LogP contribution in [0.3, 0.4) is 0 Å². The van der Waals surface area contributed by atoms with Crippen molar-refractivity contribution in [3.8, 4) is 5.75 Å². The Bertz CT molecular complexity index is 769. The predicted molar refractivity (Wildman–Crippen MR) is 100 cm³/mol. The molecule has 2 heterocycles. The van der Waals surface area contributed by atoms with Crippen LogP contribution in [0, 0.1) is 6.92 Å². The lowest BCUT2D eigenvalue weighted by Crippen LogP contribution is -2.52. The fourth-order valence-electron chi connectivity index (χ4n) is 3.36. The highest BCUT2D eigenvalue weighted by molar-refractivity contribution is 7.89. The molecule has 0 aromatic heterocycles. The highest BCUT2D eigenvalue weighted by Crippen LogP contribution is 2.28. The summed E-state index contributed by atoms with van der Waals surface area (Å²) in [5, 5.41) is 0. The largest absolute Gasteiger partial charge is 0.495 e. The number of aryl methyl sites for hydroxylation is 1. The van der Waals surface area contributed by atoms with Gasteiger partial charge in [-0.3, -0.25) is 9.69 Å². The van der Waals surface area contributed by atoms with Gasteiger partial charge in [-0.15, -0.1) is 0 Å². The molecule has 0 unspecified atom stereocenters. The molecule has 0 bridgehead atoms. The van der Waals surface area contributed by atoms with E-state index in [0.29, 0.717) is 64.8 Å². The van der Waals surface area contributed by atoms with Crippen LogP contribution in [0.15, 0.2) is 23.1 Å². The Hall–Kier alpha value is -1.68. The minimum Gasteiger partial charge on any atom is -0.495 e. The van der Waals surface area contributed by atoms with Gasteiger partial charge in [0.15, 0.2) is 0 Å². The van der Waals surface area contributed by atoms with Crippen LogP contribution >= 0.6 is 0 Å². The summed E-state index contributed by atoms with van der Waals surface area (Å²) in [6.07, 6.45) is 0. The Kier molecular flexibility index (Phi) is 6.36. The van der Waals surface area contributed by atoms with Gasteiger partial charge in [0.2, 0.25) is 15.9 Å². The van der Waals surface area contributed by atoms with Crippen LogP contribution in [0.25, 0.3) is 0 Å². The maximum atomic E-state index is 13.0. The minimum atomic E-state index is -3.63. The minimum absolute atomic E-state index is 0.0787. The van der Waals surface area contributed by atoms with Crippen LogP contribution in [0.2, 0.25) is 0 Å². The molecule has 0 aliphatic carbocycles. The summed E-state index contributed by atoms with van der Waals surface area (Å²) in [7, 11) is -2.16. The van der Waals surface area contributed by atoms with Gasteiger partial charge in [0.1, 0.15) is 10.6 Å². The zero-order chi connectivity index (χ0) is 19.4. The summed E-state index contributed by atoms with van der Waals surface area (Å²) in [6, 6.07) is 5.15. The van der Waals surface area contributed by atoms with E-state index in [-0.39, 0.29) is 10.8 Å². The van der Waals surface area contributed by atoms with E-state index in [9.17, 15) is 13.2 Å². The first-order valence-corrected chi connectivity index (χ1v) is 10.6. The molecule has 0 N–H and O–H groups in total. The first-order chi connectivity index (χ1) is 12.9. The summed E-state index contributed by atoms with van der Waals surface area (Å²) < 4.78 is 38.1. The van der Waals surface area contributed by atoms with Crippen molar-refractivity contribution in [3.63, 3.8) is 0 Å². The molecular formula is C18H27N3O5S. The van der Waals surface area contributed by atoms with E-state index in [2.05, 4.69) is 0 Å². The lowest BCUT2D eigenvalue weighted by atomic mass is 10.2. The maximum absolute atomic E-state index is 13.0. The third kappa shape index (κ3) is 4.60. The number of rotatable bonds is 5. The molecular weight excluding hydrogens is 370 g/mol. The Morgan fingerprint density at radius 1 is 1.11 bits per heavy atom. The zero-order valence-electron chi connectivity index (χ0n) is 15.9. The first kappa shape index (κ1) is 20.1. The first-order valence-electron chi connectivity index (χ1n) is 9.14. The van der Waals surface area contributed by atoms with E-state index in [1.54, 1.807) is 12.1 Å². The molecule has 0 spiro atoms. The van der Waals surface area contributed by atoms with Gasteiger partial charge < -0.3 is 14.4 Å². The maximum Gasteiger partial charge on any atom is 0.246 e. The Morgan fingerprint density at radius 2 is 1.78 bits per heavy atom. The van der Waals surface area contributed by atoms with E-state index in [0.717, 1.165) is 5.56 Å². The number of sulfonamides is 1. The van der Waals surface area contributed by atoms with E-state index in [4.69, 9.17) is 9.47 Å². The monoisotopic (exact) mass is 397 g/mol. The standard InChI is InChI=1S/C18H27N3O5S/c1-15-3-4-16(25-2)17(13-15)27(23,24)21-7-5-19(6-8-21)14-18(22)20-9-11-26-12-10-20/h3-4,13H,5-12,14H2,1-2H3. The highest BCUT2D eigenvalue weighted by Gasteiger charge is 2.32. The molecule has 3 rings (SSSR count). The predicted octanol–water partition coefficient (Wildman–Crippen LogP) is 0.169. The van der Waals surface area contributed by atoms with Crippen molar-refractivity contribution < 1.29 is 22.7 Å². The van der Waals surface area contributed by atoms with Crippen LogP contribution in [0.5, 0.6) is 5.75 Å². The number of hydrogen-bond donors (Lipinski definition) is 0. The molecule has 2 fully saturated rings. The molecule has 27 heavy (non-hydrogen) atoms. The average molecular weight is 397 g/mol. The van der Waals surface area contributed by atoms with Crippen LogP contribution in [0.4, 0.5) is 0 Å². The van der Waals surface area contributed by atoms with Crippen LogP contribution in [-0.2, 0) is 19.6 Å². The second-order valence-corrected chi connectivity index (χ2v) is 8.73. The van der Waals surface area contributed by atoms with Crippen molar-refractivity contribution in [1.82, 2.24) is 14.1 Å². The molecule has 150 valence electrons. The lowest BCUT2D eigenvalue weighted by Gasteiger charge is -2.35. The normalized spacial score (nSPS) is 19.9. The molecule has 8 nitrogen and oxygen atoms in total. The van der Waals surface area contributed by atoms with Crippen molar-refractivity contribution in [3.05, 3.63) is 23.8 Å². The van der Waals surface area contributed by atoms with E-state index in [1.807, 2.05) is 22.8 Å². The van der Waals surface area contributed by atoms with Gasteiger partial charge in [0.25, 0.3) is 0 Å². The lowest BCUT2D eigenvalue weighted by molar-refractivity contribution is -0.136. The third-order valence-electron chi connectivity index (χ3n) is 4.99. The highest BCUT2D eigenvalue weighted by atomic mass is 32.2. The molecule has 1 aromatic rings. The molecule has 0 saturated carbocycles. The number of carbonyl (C=O) groups excluding carboxylic acids is 1. The van der Waals surface area contributed by atoms with Gasteiger partial charge >= 0.3 is 0 Å². The van der Waals surface area contributed by atoms with Crippen molar-refractivity contribution in [2.24, 2.45) is 0 Å². The van der Waals surface area contributed by atoms with Crippen molar-refractivity contribution in [2.75, 3.05) is 66.1 Å². The quantitative estimate of drug-likeness (QED) is 0.705. The second-order valence-electron chi connectivity index (χ2n) is 6.83. The van der Waals surface area contributed by atoms with E-state index < -0.39 is 10.0 Å². The van der Waals surface area contributed by atoms with Gasteiger partial charge in [-0.05, 0) is 24.6 Å². The van der Waals surface area contributed by atoms with E-state index in [1.165, 1.54) is 11.4 Å². The Morgan fingerprint density at radius 3 is 2.41 bits per heavy atom. The fraction of sp³-hybridized carbons (Fsp3) is 0.611. The zero-order valence-corrected chi connectivity index (χ0v) is 16.7. The summed E-state index contributed by atoms with van der Waals surface area (Å²) >= 11 is 0. The molecule has 9 heteroatoms. The average Bonchev–Trinajstić information content (AvgIpc) is 2.69. The van der Waals surface area contributed by atoms with Gasteiger partial charge in [0, 0.05) is 39.3 Å². The molecule has 0 radical (unpaired) electrons. The number of ether oxygens (including phenoxy) is 2. The Balaban J connectivity index is 1.61. The summed E-state index contributed by atoms with van der Waals surface area (Å²) in [6.45, 7) is 6.36. The number of morpholine rings is 1. The number of benzene rings is 1. The molecule has 2 aliphatic rings. The summed E-state index contributed by atoms with van der Waals surface area (Å²) in [5.41, 5.74) is 0.865. The van der Waals surface area contributed by atoms with Gasteiger partial charge in [-0.2, -0.15) is 4.31 Å². The number of hydrogen-bond acceptors (Lipinski definition) is 6. The smallest absolute Gasteiger partial charge is 0.246 e. The number of piperazine rings is 1. The van der Waals surface area contributed by atoms with Gasteiger partial charge in [0.05, 0.1) is 26.9 Å². The number of methoxy groups -OCH3 is 1. The molecule has 0 atom stereocenters. The third-order valence-corrected chi connectivity index (χ3v) is 6.91. The second kappa shape index (κ2) is 8.55. The molecule has 1 amide bonds. The number of amides is 1. The molecule has 1 aromatic carbocycles. The van der Waals surface area contributed by atoms with Crippen LogP contribution in [-0.4, -0.2) is 94.6 Å². The topological polar surface area (TPSA) is 79.4 Å². The van der Waals surface area contributed by atoms with Crippen molar-refractivity contribution in [1.29, 1.82) is 0 Å².